The third-order valence-electron chi connectivity index (χ3n) is 3.02. The number of aromatic nitrogens is 2. The van der Waals surface area contributed by atoms with Crippen LogP contribution in [0.4, 0.5) is 0 Å². The van der Waals surface area contributed by atoms with Gasteiger partial charge in [-0.1, -0.05) is 41.9 Å². The summed E-state index contributed by atoms with van der Waals surface area (Å²) in [4.78, 5) is 4.34. The summed E-state index contributed by atoms with van der Waals surface area (Å²) in [5, 5.41) is 0.452. The molecule has 0 saturated carbocycles. The van der Waals surface area contributed by atoms with Crippen LogP contribution in [0.2, 0.25) is 5.02 Å². The molecule has 0 aliphatic rings. The molecule has 0 amide bonds. The maximum Gasteiger partial charge on any atom is 0.269 e. The van der Waals surface area contributed by atoms with Crippen molar-refractivity contribution in [2.75, 3.05) is 0 Å². The van der Waals surface area contributed by atoms with Crippen LogP contribution >= 0.6 is 11.6 Å². The Morgan fingerprint density at radius 3 is 2.33 bits per heavy atom. The van der Waals surface area contributed by atoms with E-state index in [2.05, 4.69) is 4.98 Å². The maximum atomic E-state index is 12.7. The van der Waals surface area contributed by atoms with Crippen molar-refractivity contribution in [2.24, 2.45) is 0 Å². The molecule has 106 valence electrons. The van der Waals surface area contributed by atoms with Gasteiger partial charge in [0.2, 0.25) is 0 Å². The van der Waals surface area contributed by atoms with Gasteiger partial charge in [0.1, 0.15) is 0 Å². The Morgan fingerprint density at radius 2 is 1.62 bits per heavy atom. The predicted octanol–water partition coefficient (Wildman–Crippen LogP) is 3.44. The van der Waals surface area contributed by atoms with Crippen LogP contribution in [0.5, 0.6) is 0 Å². The molecule has 3 aromatic rings. The molecule has 4 nitrogen and oxygen atoms in total. The van der Waals surface area contributed by atoms with Crippen molar-refractivity contribution in [2.45, 2.75) is 4.90 Å². The summed E-state index contributed by atoms with van der Waals surface area (Å²) in [6.45, 7) is 0. The molecule has 2 aromatic carbocycles. The largest absolute Gasteiger partial charge is 0.269 e. The van der Waals surface area contributed by atoms with Gasteiger partial charge in [-0.3, -0.25) is 0 Å². The highest BCUT2D eigenvalue weighted by Crippen LogP contribution is 2.28. The molecule has 0 unspecified atom stereocenters. The molecular formula is C15H11ClN2O2S. The Labute approximate surface area is 127 Å². The van der Waals surface area contributed by atoms with Gasteiger partial charge in [-0.25, -0.2) is 17.4 Å². The van der Waals surface area contributed by atoms with E-state index in [-0.39, 0.29) is 4.90 Å². The van der Waals surface area contributed by atoms with Crippen LogP contribution in [0.25, 0.3) is 11.4 Å². The van der Waals surface area contributed by atoms with E-state index in [9.17, 15) is 8.42 Å². The second kappa shape index (κ2) is 5.35. The second-order valence-electron chi connectivity index (χ2n) is 4.34. The lowest BCUT2D eigenvalue weighted by Gasteiger charge is -2.10. The summed E-state index contributed by atoms with van der Waals surface area (Å²) in [7, 11) is -3.70. The van der Waals surface area contributed by atoms with Gasteiger partial charge in [0.15, 0.2) is 5.82 Å². The van der Waals surface area contributed by atoms with Crippen molar-refractivity contribution in [3.8, 4) is 11.4 Å². The van der Waals surface area contributed by atoms with Crippen LogP contribution in [0, 0.1) is 0 Å². The molecule has 0 N–H and O–H groups in total. The van der Waals surface area contributed by atoms with Gasteiger partial charge >= 0.3 is 0 Å². The van der Waals surface area contributed by atoms with Crippen molar-refractivity contribution >= 4 is 21.6 Å². The highest BCUT2D eigenvalue weighted by molar-refractivity contribution is 7.90. The van der Waals surface area contributed by atoms with E-state index in [1.807, 2.05) is 0 Å². The molecule has 6 heteroatoms. The van der Waals surface area contributed by atoms with Gasteiger partial charge in [0.05, 0.1) is 9.92 Å². The van der Waals surface area contributed by atoms with Gasteiger partial charge in [-0.05, 0) is 24.3 Å². The first-order valence-corrected chi connectivity index (χ1v) is 8.01. The fourth-order valence-corrected chi connectivity index (χ4v) is 3.56. The Balaban J connectivity index is 2.19. The third kappa shape index (κ3) is 2.46. The first-order chi connectivity index (χ1) is 10.1. The van der Waals surface area contributed by atoms with Crippen molar-refractivity contribution in [1.82, 2.24) is 8.96 Å². The first-order valence-electron chi connectivity index (χ1n) is 6.19. The minimum absolute atomic E-state index is 0.205. The standard InChI is InChI=1S/C15H11ClN2O2S/c16-14-9-5-4-8-13(14)15-17-10-11-18(15)21(19,20)12-6-2-1-3-7-12/h1-11H. The number of nitrogens with zero attached hydrogens (tertiary/aromatic N) is 2. The molecule has 0 aliphatic heterocycles. The van der Waals surface area contributed by atoms with Gasteiger partial charge in [-0.2, -0.15) is 0 Å². The lowest BCUT2D eigenvalue weighted by Crippen LogP contribution is -2.13. The summed E-state index contributed by atoms with van der Waals surface area (Å²) in [6, 6.07) is 15.2. The number of rotatable bonds is 3. The molecular weight excluding hydrogens is 308 g/mol. The van der Waals surface area contributed by atoms with Gasteiger partial charge in [0, 0.05) is 18.0 Å². The van der Waals surface area contributed by atoms with E-state index in [1.165, 1.54) is 12.4 Å². The molecule has 0 bridgehead atoms. The zero-order chi connectivity index (χ0) is 14.9. The van der Waals surface area contributed by atoms with Gasteiger partial charge in [0.25, 0.3) is 10.0 Å². The van der Waals surface area contributed by atoms with Gasteiger partial charge < -0.3 is 0 Å². The summed E-state index contributed by atoms with van der Waals surface area (Å²) in [6.07, 6.45) is 2.86. The van der Waals surface area contributed by atoms with Crippen LogP contribution < -0.4 is 0 Å². The van der Waals surface area contributed by atoms with Crippen molar-refractivity contribution < 1.29 is 8.42 Å². The van der Waals surface area contributed by atoms with Crippen molar-refractivity contribution in [1.29, 1.82) is 0 Å². The number of imidazole rings is 1. The zero-order valence-electron chi connectivity index (χ0n) is 10.8. The van der Waals surface area contributed by atoms with Crippen LogP contribution in [0.3, 0.4) is 0 Å². The number of benzene rings is 2. The smallest absolute Gasteiger partial charge is 0.236 e. The lowest BCUT2D eigenvalue weighted by atomic mass is 10.2. The third-order valence-corrected chi connectivity index (χ3v) is 5.03. The van der Waals surface area contributed by atoms with Crippen LogP contribution in [0.1, 0.15) is 0 Å². The minimum Gasteiger partial charge on any atom is -0.236 e. The summed E-state index contributed by atoms with van der Waals surface area (Å²) < 4.78 is 26.5. The number of hydrogen-bond donors (Lipinski definition) is 0. The lowest BCUT2D eigenvalue weighted by molar-refractivity contribution is 0.588. The molecule has 1 heterocycles. The Bertz CT molecular complexity index is 873. The molecule has 0 spiro atoms. The fraction of sp³-hybridized carbons (Fsp3) is 0. The average molecular weight is 319 g/mol. The zero-order valence-corrected chi connectivity index (χ0v) is 12.4. The second-order valence-corrected chi connectivity index (χ2v) is 6.57. The van der Waals surface area contributed by atoms with E-state index in [1.54, 1.807) is 54.6 Å². The molecule has 21 heavy (non-hydrogen) atoms. The van der Waals surface area contributed by atoms with E-state index in [4.69, 9.17) is 11.6 Å². The molecule has 0 saturated heterocycles. The van der Waals surface area contributed by atoms with Crippen molar-refractivity contribution in [3.63, 3.8) is 0 Å². The number of hydrogen-bond acceptors (Lipinski definition) is 3. The monoisotopic (exact) mass is 318 g/mol. The molecule has 3 rings (SSSR count). The van der Waals surface area contributed by atoms with E-state index < -0.39 is 10.0 Å². The summed E-state index contributed by atoms with van der Waals surface area (Å²) >= 11 is 6.14. The van der Waals surface area contributed by atoms with Crippen LogP contribution in [-0.2, 0) is 10.0 Å². The van der Waals surface area contributed by atoms with Crippen LogP contribution in [0.15, 0.2) is 71.9 Å². The minimum atomic E-state index is -3.70. The van der Waals surface area contributed by atoms with Crippen LogP contribution in [-0.4, -0.2) is 17.4 Å². The number of halogens is 1. The predicted molar refractivity (Wildman–Crippen MR) is 81.7 cm³/mol. The highest BCUT2D eigenvalue weighted by atomic mass is 35.5. The average Bonchev–Trinajstić information content (AvgIpc) is 2.99. The van der Waals surface area contributed by atoms with E-state index in [0.717, 1.165) is 3.97 Å². The Morgan fingerprint density at radius 1 is 0.952 bits per heavy atom. The molecule has 0 atom stereocenters. The quantitative estimate of drug-likeness (QED) is 0.743. The highest BCUT2D eigenvalue weighted by Gasteiger charge is 2.21. The topological polar surface area (TPSA) is 52.0 Å². The summed E-state index contributed by atoms with van der Waals surface area (Å²) in [5.41, 5.74) is 0.573. The van der Waals surface area contributed by atoms with Crippen molar-refractivity contribution in [3.05, 3.63) is 72.0 Å². The Hall–Kier alpha value is -2.11. The first kappa shape index (κ1) is 13.9. The molecule has 0 aliphatic carbocycles. The molecule has 0 radical (unpaired) electrons. The van der Waals surface area contributed by atoms with E-state index >= 15 is 0 Å². The summed E-state index contributed by atoms with van der Waals surface area (Å²) in [5.74, 6) is 0.296. The Kier molecular flexibility index (Phi) is 3.53. The molecule has 0 fully saturated rings. The SMILES string of the molecule is O=S(=O)(c1ccccc1)n1ccnc1-c1ccccc1Cl. The van der Waals surface area contributed by atoms with E-state index in [0.29, 0.717) is 16.4 Å². The fourth-order valence-electron chi connectivity index (χ4n) is 2.02. The van der Waals surface area contributed by atoms with Gasteiger partial charge in [-0.15, -0.1) is 0 Å². The maximum absolute atomic E-state index is 12.7. The normalized spacial score (nSPS) is 11.5. The molecule has 1 aromatic heterocycles.